The van der Waals surface area contributed by atoms with Gasteiger partial charge in [-0.15, -0.1) is 0 Å². The predicted molar refractivity (Wildman–Crippen MR) is 70.5 cm³/mol. The van der Waals surface area contributed by atoms with Gasteiger partial charge in [-0.1, -0.05) is 36.4 Å². The van der Waals surface area contributed by atoms with Crippen molar-refractivity contribution in [3.63, 3.8) is 0 Å². The van der Waals surface area contributed by atoms with Crippen molar-refractivity contribution in [2.24, 2.45) is 5.73 Å². The van der Waals surface area contributed by atoms with E-state index < -0.39 is 11.9 Å². The molecule has 1 aromatic carbocycles. The standard InChI is InChI=1S/C14H15NO4/c15-13(17)3-1-2-10-4-6-11(7-5-10)12(16)8-9-14(18)19/h1-2,4-7H,3,8-9H2,(H2,15,17)(H,18,19). The first-order valence-corrected chi connectivity index (χ1v) is 5.79. The lowest BCUT2D eigenvalue weighted by atomic mass is 10.0. The van der Waals surface area contributed by atoms with Crippen LogP contribution >= 0.6 is 0 Å². The van der Waals surface area contributed by atoms with Gasteiger partial charge in [0.05, 0.1) is 6.42 Å². The van der Waals surface area contributed by atoms with Crippen LogP contribution in [0.25, 0.3) is 6.08 Å². The van der Waals surface area contributed by atoms with E-state index in [1.807, 2.05) is 0 Å². The fourth-order valence-corrected chi connectivity index (χ4v) is 1.46. The largest absolute Gasteiger partial charge is 0.481 e. The molecule has 0 heterocycles. The summed E-state index contributed by atoms with van der Waals surface area (Å²) in [6.07, 6.45) is 3.37. The second-order valence-electron chi connectivity index (χ2n) is 4.01. The number of benzene rings is 1. The molecular formula is C14H15NO4. The van der Waals surface area contributed by atoms with Crippen LogP contribution in [0, 0.1) is 0 Å². The van der Waals surface area contributed by atoms with Gasteiger partial charge in [-0.25, -0.2) is 0 Å². The Balaban J connectivity index is 2.60. The number of carboxylic acid groups (broad SMARTS) is 1. The van der Waals surface area contributed by atoms with E-state index in [4.69, 9.17) is 10.8 Å². The lowest BCUT2D eigenvalue weighted by Gasteiger charge is -2.00. The fourth-order valence-electron chi connectivity index (χ4n) is 1.46. The lowest BCUT2D eigenvalue weighted by Crippen LogP contribution is -2.07. The molecule has 0 radical (unpaired) electrons. The monoisotopic (exact) mass is 261 g/mol. The maximum Gasteiger partial charge on any atom is 0.303 e. The Bertz CT molecular complexity index is 503. The van der Waals surface area contributed by atoms with E-state index in [9.17, 15) is 14.4 Å². The van der Waals surface area contributed by atoms with E-state index in [1.54, 1.807) is 36.4 Å². The summed E-state index contributed by atoms with van der Waals surface area (Å²) >= 11 is 0. The molecule has 100 valence electrons. The Labute approximate surface area is 110 Å². The van der Waals surface area contributed by atoms with Crippen LogP contribution in [0.5, 0.6) is 0 Å². The zero-order chi connectivity index (χ0) is 14.3. The van der Waals surface area contributed by atoms with Gasteiger partial charge in [0.25, 0.3) is 0 Å². The van der Waals surface area contributed by atoms with Gasteiger partial charge in [-0.2, -0.15) is 0 Å². The quantitative estimate of drug-likeness (QED) is 0.729. The molecule has 0 saturated carbocycles. The van der Waals surface area contributed by atoms with Crippen LogP contribution in [-0.2, 0) is 9.59 Å². The number of hydrogen-bond donors (Lipinski definition) is 2. The van der Waals surface area contributed by atoms with Crippen molar-refractivity contribution in [2.75, 3.05) is 0 Å². The van der Waals surface area contributed by atoms with Crippen molar-refractivity contribution in [2.45, 2.75) is 19.3 Å². The summed E-state index contributed by atoms with van der Waals surface area (Å²) in [6, 6.07) is 6.72. The molecule has 0 aromatic heterocycles. The summed E-state index contributed by atoms with van der Waals surface area (Å²) in [4.78, 5) is 32.5. The van der Waals surface area contributed by atoms with E-state index in [0.717, 1.165) is 5.56 Å². The van der Waals surface area contributed by atoms with Crippen molar-refractivity contribution in [3.8, 4) is 0 Å². The van der Waals surface area contributed by atoms with Crippen LogP contribution in [0.2, 0.25) is 0 Å². The minimum absolute atomic E-state index is 0.00774. The number of primary amides is 1. The summed E-state index contributed by atoms with van der Waals surface area (Å²) in [5, 5.41) is 8.50. The average Bonchev–Trinajstić information content (AvgIpc) is 2.36. The Hall–Kier alpha value is -2.43. The Kier molecular flexibility index (Phi) is 5.47. The smallest absolute Gasteiger partial charge is 0.303 e. The first kappa shape index (κ1) is 14.6. The summed E-state index contributed by atoms with van der Waals surface area (Å²) in [5.74, 6) is -1.59. The Morgan fingerprint density at radius 1 is 1.11 bits per heavy atom. The number of rotatable bonds is 7. The van der Waals surface area contributed by atoms with E-state index in [1.165, 1.54) is 0 Å². The van der Waals surface area contributed by atoms with Gasteiger partial charge in [0.15, 0.2) is 5.78 Å². The highest BCUT2D eigenvalue weighted by molar-refractivity contribution is 5.97. The number of amides is 1. The van der Waals surface area contributed by atoms with Gasteiger partial charge in [0.2, 0.25) is 5.91 Å². The number of carbonyl (C=O) groups is 3. The predicted octanol–water partition coefficient (Wildman–Crippen LogP) is 1.62. The first-order valence-electron chi connectivity index (χ1n) is 5.79. The third-order valence-corrected chi connectivity index (χ3v) is 2.43. The fraction of sp³-hybridized carbons (Fsp3) is 0.214. The summed E-state index contributed by atoms with van der Waals surface area (Å²) in [6.45, 7) is 0. The second-order valence-corrected chi connectivity index (χ2v) is 4.01. The van der Waals surface area contributed by atoms with Gasteiger partial charge in [0.1, 0.15) is 0 Å². The zero-order valence-electron chi connectivity index (χ0n) is 10.3. The van der Waals surface area contributed by atoms with Gasteiger partial charge in [-0.05, 0) is 5.56 Å². The maximum absolute atomic E-state index is 11.6. The van der Waals surface area contributed by atoms with Crippen LogP contribution in [0.3, 0.4) is 0 Å². The maximum atomic E-state index is 11.6. The number of aliphatic carboxylic acids is 1. The summed E-state index contributed by atoms with van der Waals surface area (Å²) in [7, 11) is 0. The third-order valence-electron chi connectivity index (χ3n) is 2.43. The second kappa shape index (κ2) is 7.10. The zero-order valence-corrected chi connectivity index (χ0v) is 10.3. The van der Waals surface area contributed by atoms with Crippen LogP contribution in [-0.4, -0.2) is 22.8 Å². The molecule has 0 aliphatic carbocycles. The van der Waals surface area contributed by atoms with Gasteiger partial charge < -0.3 is 10.8 Å². The van der Waals surface area contributed by atoms with Crippen molar-refractivity contribution in [1.29, 1.82) is 0 Å². The summed E-state index contributed by atoms with van der Waals surface area (Å²) < 4.78 is 0. The van der Waals surface area contributed by atoms with E-state index >= 15 is 0 Å². The van der Waals surface area contributed by atoms with Gasteiger partial charge in [-0.3, -0.25) is 14.4 Å². The van der Waals surface area contributed by atoms with Gasteiger partial charge in [0, 0.05) is 18.4 Å². The first-order chi connectivity index (χ1) is 8.99. The highest BCUT2D eigenvalue weighted by Crippen LogP contribution is 2.10. The molecule has 0 aliphatic rings. The molecule has 0 saturated heterocycles. The number of hydrogen-bond acceptors (Lipinski definition) is 3. The molecule has 1 rings (SSSR count). The van der Waals surface area contributed by atoms with Gasteiger partial charge >= 0.3 is 5.97 Å². The molecule has 1 amide bonds. The third kappa shape index (κ3) is 5.63. The number of ketones is 1. The lowest BCUT2D eigenvalue weighted by molar-refractivity contribution is -0.137. The van der Waals surface area contributed by atoms with E-state index in [-0.39, 0.29) is 25.0 Å². The van der Waals surface area contributed by atoms with Crippen molar-refractivity contribution in [1.82, 2.24) is 0 Å². The molecule has 5 nitrogen and oxygen atoms in total. The minimum Gasteiger partial charge on any atom is -0.481 e. The Morgan fingerprint density at radius 3 is 2.26 bits per heavy atom. The minimum atomic E-state index is -0.987. The van der Waals surface area contributed by atoms with Crippen molar-refractivity contribution < 1.29 is 19.5 Å². The molecule has 0 aliphatic heterocycles. The molecule has 3 N–H and O–H groups in total. The molecule has 0 unspecified atom stereocenters. The molecule has 1 aromatic rings. The molecule has 19 heavy (non-hydrogen) atoms. The normalized spacial score (nSPS) is 10.5. The topological polar surface area (TPSA) is 97.5 Å². The van der Waals surface area contributed by atoms with Crippen LogP contribution in [0.1, 0.15) is 35.2 Å². The molecule has 0 fully saturated rings. The average molecular weight is 261 g/mol. The molecular weight excluding hydrogens is 246 g/mol. The number of carbonyl (C=O) groups excluding carboxylic acids is 2. The number of carboxylic acids is 1. The Morgan fingerprint density at radius 2 is 1.74 bits per heavy atom. The number of nitrogens with two attached hydrogens (primary N) is 1. The van der Waals surface area contributed by atoms with Crippen LogP contribution in [0.4, 0.5) is 0 Å². The van der Waals surface area contributed by atoms with E-state index in [0.29, 0.717) is 5.56 Å². The SMILES string of the molecule is NC(=O)CC=Cc1ccc(C(=O)CCC(=O)O)cc1. The number of Topliss-reactive ketones (excluding diaryl/α,β-unsaturated/α-hetero) is 1. The summed E-state index contributed by atoms with van der Waals surface area (Å²) in [5.41, 5.74) is 6.32. The molecule has 0 bridgehead atoms. The molecule has 5 heteroatoms. The van der Waals surface area contributed by atoms with Crippen molar-refractivity contribution in [3.05, 3.63) is 41.5 Å². The van der Waals surface area contributed by atoms with E-state index in [2.05, 4.69) is 0 Å². The van der Waals surface area contributed by atoms with Crippen molar-refractivity contribution >= 4 is 23.7 Å². The highest BCUT2D eigenvalue weighted by Gasteiger charge is 2.07. The highest BCUT2D eigenvalue weighted by atomic mass is 16.4. The molecule has 0 atom stereocenters. The van der Waals surface area contributed by atoms with Crippen LogP contribution in [0.15, 0.2) is 30.3 Å². The van der Waals surface area contributed by atoms with Crippen LogP contribution < -0.4 is 5.73 Å². The molecule has 0 spiro atoms.